The fourth-order valence-electron chi connectivity index (χ4n) is 5.93. The van der Waals surface area contributed by atoms with Crippen LogP contribution in [0.25, 0.3) is 0 Å². The number of hydrogen-bond donors (Lipinski definition) is 4. The Balaban J connectivity index is 1.85. The lowest BCUT2D eigenvalue weighted by molar-refractivity contribution is -0.143. The lowest BCUT2D eigenvalue weighted by atomic mass is 9.80. The van der Waals surface area contributed by atoms with Crippen LogP contribution in [0.3, 0.4) is 0 Å². The Kier molecular flexibility index (Phi) is 10.9. The summed E-state index contributed by atoms with van der Waals surface area (Å²) in [5.74, 6) is -3.40. The highest BCUT2D eigenvalue weighted by Crippen LogP contribution is 2.35. The van der Waals surface area contributed by atoms with Gasteiger partial charge in [-0.25, -0.2) is 4.79 Å². The molecule has 220 valence electrons. The van der Waals surface area contributed by atoms with Crippen LogP contribution in [-0.4, -0.2) is 69.5 Å². The number of nitrogens with zero attached hydrogens (tertiary/aromatic N) is 1. The molecule has 2 aliphatic carbocycles. The average molecular weight is 589 g/mol. The number of amides is 5. The zero-order valence-corrected chi connectivity index (χ0v) is 24.7. The number of carbonyl (C=O) groups excluding carboxylic acids is 5. The molecule has 0 spiro atoms. The van der Waals surface area contributed by atoms with E-state index in [2.05, 4.69) is 16.0 Å². The number of nitrogens with one attached hydrogen (secondary N) is 3. The van der Waals surface area contributed by atoms with Gasteiger partial charge in [-0.15, -0.1) is 23.2 Å². The number of primary amides is 1. The van der Waals surface area contributed by atoms with Crippen molar-refractivity contribution in [1.82, 2.24) is 20.9 Å². The number of likely N-dealkylation sites (tertiary alicyclic amines) is 1. The van der Waals surface area contributed by atoms with Crippen LogP contribution >= 0.6 is 23.2 Å². The molecule has 0 aromatic carbocycles. The lowest BCUT2D eigenvalue weighted by Crippen LogP contribution is -2.61. The van der Waals surface area contributed by atoms with Crippen molar-refractivity contribution in [2.45, 2.75) is 113 Å². The first-order chi connectivity index (χ1) is 18.3. The van der Waals surface area contributed by atoms with Crippen molar-refractivity contribution >= 4 is 52.7 Å². The zero-order valence-electron chi connectivity index (χ0n) is 23.1. The first kappa shape index (κ1) is 31.5. The molecular weight excluding hydrogens is 545 g/mol. The van der Waals surface area contributed by atoms with Gasteiger partial charge in [0.05, 0.1) is 6.04 Å². The van der Waals surface area contributed by atoms with E-state index >= 15 is 0 Å². The van der Waals surface area contributed by atoms with Crippen LogP contribution in [0.5, 0.6) is 0 Å². The van der Waals surface area contributed by atoms with Crippen LogP contribution in [-0.2, 0) is 19.2 Å². The Hall–Kier alpha value is -2.07. The number of nitrogens with two attached hydrogens (primary N) is 1. The predicted octanol–water partition coefficient (Wildman–Crippen LogP) is 2.78. The summed E-state index contributed by atoms with van der Waals surface area (Å²) in [6.45, 7) is 5.78. The van der Waals surface area contributed by atoms with Crippen LogP contribution in [0, 0.1) is 17.8 Å². The molecule has 5 amide bonds. The van der Waals surface area contributed by atoms with Crippen LogP contribution in [0.1, 0.15) is 85.0 Å². The molecule has 1 heterocycles. The van der Waals surface area contributed by atoms with Crippen molar-refractivity contribution in [1.29, 1.82) is 0 Å². The second-order valence-electron chi connectivity index (χ2n) is 12.3. The van der Waals surface area contributed by atoms with Crippen LogP contribution in [0.15, 0.2) is 0 Å². The molecule has 0 aromatic rings. The summed E-state index contributed by atoms with van der Waals surface area (Å²) in [4.78, 5) is 65.4. The molecule has 5 N–H and O–H groups in total. The van der Waals surface area contributed by atoms with E-state index in [0.29, 0.717) is 12.8 Å². The molecule has 1 aliphatic heterocycles. The normalized spacial score (nSPS) is 24.0. The van der Waals surface area contributed by atoms with Crippen molar-refractivity contribution in [3.05, 3.63) is 0 Å². The van der Waals surface area contributed by atoms with Gasteiger partial charge >= 0.3 is 6.03 Å². The summed E-state index contributed by atoms with van der Waals surface area (Å²) in [6, 6.07) is -3.42. The van der Waals surface area contributed by atoms with E-state index in [1.54, 1.807) is 0 Å². The highest BCUT2D eigenvalue weighted by Gasteiger charge is 2.48. The highest BCUT2D eigenvalue weighted by atomic mass is 35.5. The summed E-state index contributed by atoms with van der Waals surface area (Å²) in [7, 11) is 0. The first-order valence-corrected chi connectivity index (χ1v) is 15.0. The van der Waals surface area contributed by atoms with Crippen LogP contribution < -0.4 is 21.7 Å². The minimum atomic E-state index is -1.12. The van der Waals surface area contributed by atoms with E-state index in [0.717, 1.165) is 51.4 Å². The fourth-order valence-corrected chi connectivity index (χ4v) is 6.46. The minimum Gasteiger partial charge on any atom is -0.363 e. The van der Waals surface area contributed by atoms with Gasteiger partial charge in [0.2, 0.25) is 17.6 Å². The molecule has 4 atom stereocenters. The van der Waals surface area contributed by atoms with E-state index in [1.807, 2.05) is 20.8 Å². The van der Waals surface area contributed by atoms with Gasteiger partial charge in [0.15, 0.2) is 0 Å². The molecule has 3 aliphatic rings. The van der Waals surface area contributed by atoms with Gasteiger partial charge in [0.1, 0.15) is 16.9 Å². The summed E-state index contributed by atoms with van der Waals surface area (Å²) < 4.78 is 0. The number of alkyl halides is 2. The summed E-state index contributed by atoms with van der Waals surface area (Å²) in [6.07, 6.45) is 8.07. The van der Waals surface area contributed by atoms with Crippen molar-refractivity contribution < 1.29 is 24.0 Å². The van der Waals surface area contributed by atoms with Gasteiger partial charge in [0.25, 0.3) is 5.91 Å². The third kappa shape index (κ3) is 8.46. The number of hydrogen-bond acceptors (Lipinski definition) is 5. The van der Waals surface area contributed by atoms with E-state index in [-0.39, 0.29) is 24.3 Å². The van der Waals surface area contributed by atoms with Gasteiger partial charge in [-0.05, 0) is 58.3 Å². The molecule has 12 heteroatoms. The van der Waals surface area contributed by atoms with Crippen molar-refractivity contribution in [3.63, 3.8) is 0 Å². The largest absolute Gasteiger partial charge is 0.363 e. The Morgan fingerprint density at radius 3 is 2.08 bits per heavy atom. The number of ketones is 1. The van der Waals surface area contributed by atoms with Crippen molar-refractivity contribution in [2.75, 3.05) is 6.54 Å². The fraction of sp³-hybridized carbons (Fsp3) is 0.815. The molecule has 3 rings (SSSR count). The lowest BCUT2D eigenvalue weighted by Gasteiger charge is -2.36. The van der Waals surface area contributed by atoms with Gasteiger partial charge in [-0.1, -0.05) is 38.5 Å². The minimum absolute atomic E-state index is 0.0784. The molecule has 0 aromatic heterocycles. The molecule has 0 bridgehead atoms. The smallest absolute Gasteiger partial charge is 0.315 e. The van der Waals surface area contributed by atoms with Gasteiger partial charge < -0.3 is 26.6 Å². The second-order valence-corrected chi connectivity index (χ2v) is 13.5. The number of halogens is 2. The molecule has 3 fully saturated rings. The van der Waals surface area contributed by atoms with Gasteiger partial charge in [-0.2, -0.15) is 0 Å². The Labute approximate surface area is 240 Å². The third-order valence-electron chi connectivity index (χ3n) is 8.15. The summed E-state index contributed by atoms with van der Waals surface area (Å²) >= 11 is 12.5. The standard InChI is InChI=1S/C27H43Cl2N5O5/c1-27(2,3)33-26(39)32-19(16-10-5-4-6-11-16)25(38)34-13-12-17(22(28)29)20(34)24(37)31-18(21(35)23(30)36)14-15-8-7-9-15/h15-20,22H,4-14H2,1-3H3,(H2,30,36)(H,31,37)(H2,32,33,39)/t17-,18?,19-,20-/m0/s1. The Bertz CT molecular complexity index is 930. The molecule has 10 nitrogen and oxygen atoms in total. The third-order valence-corrected chi connectivity index (χ3v) is 8.80. The Morgan fingerprint density at radius 1 is 0.923 bits per heavy atom. The molecule has 1 unspecified atom stereocenters. The molecular formula is C27H43Cl2N5O5. The SMILES string of the molecule is CC(C)(C)NC(=O)N[C@H](C(=O)N1CC[C@H](C(Cl)Cl)[C@H]1C(=O)NC(CC1CCC1)C(=O)C(N)=O)C1CCCCC1. The van der Waals surface area contributed by atoms with Gasteiger partial charge in [-0.3, -0.25) is 19.2 Å². The maximum absolute atomic E-state index is 14.1. The molecule has 39 heavy (non-hydrogen) atoms. The Morgan fingerprint density at radius 2 is 1.56 bits per heavy atom. The first-order valence-electron chi connectivity index (χ1n) is 14.1. The van der Waals surface area contributed by atoms with Gasteiger partial charge in [0, 0.05) is 18.0 Å². The number of Topliss-reactive ketones (excluding diaryl/α,β-unsaturated/α-hetero) is 1. The van der Waals surface area contributed by atoms with Crippen LogP contribution in [0.2, 0.25) is 0 Å². The highest BCUT2D eigenvalue weighted by molar-refractivity contribution is 6.44. The van der Waals surface area contributed by atoms with Crippen LogP contribution in [0.4, 0.5) is 4.79 Å². The molecule has 0 radical (unpaired) electrons. The zero-order chi connectivity index (χ0) is 28.9. The van der Waals surface area contributed by atoms with E-state index < -0.39 is 58.0 Å². The van der Waals surface area contributed by atoms with E-state index in [9.17, 15) is 24.0 Å². The van der Waals surface area contributed by atoms with E-state index in [1.165, 1.54) is 4.90 Å². The quantitative estimate of drug-likeness (QED) is 0.229. The van der Waals surface area contributed by atoms with E-state index in [4.69, 9.17) is 28.9 Å². The number of rotatable bonds is 10. The molecule has 2 saturated carbocycles. The second kappa shape index (κ2) is 13.5. The maximum Gasteiger partial charge on any atom is 0.315 e. The average Bonchev–Trinajstić information content (AvgIpc) is 3.28. The number of urea groups is 1. The van der Waals surface area contributed by atoms with Crippen molar-refractivity contribution in [3.8, 4) is 0 Å². The predicted molar refractivity (Wildman–Crippen MR) is 149 cm³/mol. The molecule has 1 saturated heterocycles. The monoisotopic (exact) mass is 587 g/mol. The maximum atomic E-state index is 14.1. The topological polar surface area (TPSA) is 151 Å². The number of carbonyl (C=O) groups is 5. The summed E-state index contributed by atoms with van der Waals surface area (Å²) in [5, 5.41) is 8.43. The van der Waals surface area contributed by atoms with Crippen molar-refractivity contribution in [2.24, 2.45) is 23.5 Å². The summed E-state index contributed by atoms with van der Waals surface area (Å²) in [5.41, 5.74) is 4.77.